The molecule has 0 aliphatic carbocycles. The Morgan fingerprint density at radius 3 is 2.62 bits per heavy atom. The molecule has 0 unspecified atom stereocenters. The van der Waals surface area contributed by atoms with Crippen molar-refractivity contribution >= 4 is 21.7 Å². The van der Waals surface area contributed by atoms with Crippen molar-refractivity contribution in [3.05, 3.63) is 60.7 Å². The number of anilines is 1. The predicted octanol–water partition coefficient (Wildman–Crippen LogP) is 2.48. The molecule has 1 atom stereocenters. The zero-order valence-electron chi connectivity index (χ0n) is 17.1. The maximum absolute atomic E-state index is 14.9. The molecule has 3 aromatic rings. The quantitative estimate of drug-likeness (QED) is 0.542. The lowest BCUT2D eigenvalue weighted by Crippen LogP contribution is -2.45. The molecular weight excluding hydrogens is 433 g/mol. The third-order valence-corrected chi connectivity index (χ3v) is 6.77. The molecule has 2 heterocycles. The van der Waals surface area contributed by atoms with E-state index in [-0.39, 0.29) is 22.2 Å². The monoisotopic (exact) mass is 455 g/mol. The Labute approximate surface area is 185 Å². The number of nitrogen functional groups attached to an aromatic ring is 1. The van der Waals surface area contributed by atoms with Crippen molar-refractivity contribution in [1.29, 1.82) is 0 Å². The van der Waals surface area contributed by atoms with Crippen LogP contribution in [0.4, 0.5) is 10.2 Å². The largest absolute Gasteiger partial charge is 0.382 e. The van der Waals surface area contributed by atoms with Crippen LogP contribution in [0.1, 0.15) is 19.3 Å². The van der Waals surface area contributed by atoms with Crippen molar-refractivity contribution in [2.75, 3.05) is 12.3 Å². The Morgan fingerprint density at radius 1 is 1.06 bits per heavy atom. The highest BCUT2D eigenvalue weighted by Crippen LogP contribution is 2.31. The van der Waals surface area contributed by atoms with Crippen molar-refractivity contribution in [2.45, 2.75) is 30.2 Å². The van der Waals surface area contributed by atoms with E-state index in [9.17, 15) is 17.6 Å². The van der Waals surface area contributed by atoms with Gasteiger partial charge in [0.2, 0.25) is 15.9 Å². The van der Waals surface area contributed by atoms with Crippen LogP contribution in [-0.4, -0.2) is 36.9 Å². The van der Waals surface area contributed by atoms with Gasteiger partial charge in [0.15, 0.2) is 0 Å². The second-order valence-corrected chi connectivity index (χ2v) is 9.16. The number of hydrogen-bond acceptors (Lipinski definition) is 6. The van der Waals surface area contributed by atoms with Gasteiger partial charge >= 0.3 is 0 Å². The summed E-state index contributed by atoms with van der Waals surface area (Å²) in [5, 5.41) is 2.71. The molecule has 0 spiro atoms. The predicted molar refractivity (Wildman–Crippen MR) is 118 cm³/mol. The summed E-state index contributed by atoms with van der Waals surface area (Å²) in [4.78, 5) is 20.2. The van der Waals surface area contributed by atoms with Gasteiger partial charge in [-0.2, -0.15) is 4.72 Å². The number of nitrogens with zero attached hydrogens (tertiary/aromatic N) is 2. The minimum Gasteiger partial charge on any atom is -0.382 e. The van der Waals surface area contributed by atoms with Crippen LogP contribution >= 0.6 is 0 Å². The van der Waals surface area contributed by atoms with E-state index in [1.165, 1.54) is 30.6 Å². The van der Waals surface area contributed by atoms with Gasteiger partial charge < -0.3 is 11.1 Å². The highest BCUT2D eigenvalue weighted by Gasteiger charge is 2.28. The molecule has 166 valence electrons. The molecule has 1 aromatic heterocycles. The smallest absolute Gasteiger partial charge is 0.241 e. The molecule has 4 rings (SSSR count). The number of carbonyl (C=O) groups is 1. The highest BCUT2D eigenvalue weighted by molar-refractivity contribution is 7.89. The molecule has 1 aliphatic heterocycles. The van der Waals surface area contributed by atoms with Crippen molar-refractivity contribution in [1.82, 2.24) is 20.0 Å². The van der Waals surface area contributed by atoms with Gasteiger partial charge in [-0.3, -0.25) is 9.78 Å². The average Bonchev–Trinajstić information content (AvgIpc) is 2.98. The van der Waals surface area contributed by atoms with E-state index >= 15 is 0 Å². The van der Waals surface area contributed by atoms with Crippen molar-refractivity contribution in [3.8, 4) is 22.4 Å². The minimum atomic E-state index is -4.04. The molecule has 10 heteroatoms. The van der Waals surface area contributed by atoms with Crippen LogP contribution in [0.25, 0.3) is 22.4 Å². The van der Waals surface area contributed by atoms with Gasteiger partial charge in [0.25, 0.3) is 0 Å². The number of halogens is 1. The van der Waals surface area contributed by atoms with E-state index in [0.717, 1.165) is 12.8 Å². The van der Waals surface area contributed by atoms with Crippen LogP contribution in [0.15, 0.2) is 59.8 Å². The van der Waals surface area contributed by atoms with Crippen LogP contribution in [0, 0.1) is 5.82 Å². The zero-order chi connectivity index (χ0) is 22.7. The summed E-state index contributed by atoms with van der Waals surface area (Å²) in [5.74, 6) is -0.701. The molecule has 0 bridgehead atoms. The number of rotatable bonds is 5. The van der Waals surface area contributed by atoms with E-state index in [0.29, 0.717) is 29.8 Å². The lowest BCUT2D eigenvalue weighted by atomic mass is 10.0. The van der Waals surface area contributed by atoms with Crippen LogP contribution in [0.5, 0.6) is 0 Å². The molecule has 1 amide bonds. The van der Waals surface area contributed by atoms with Crippen molar-refractivity contribution in [2.24, 2.45) is 0 Å². The topological polar surface area (TPSA) is 127 Å². The van der Waals surface area contributed by atoms with E-state index in [4.69, 9.17) is 5.73 Å². The third-order valence-electron chi connectivity index (χ3n) is 5.24. The Hall–Kier alpha value is -3.37. The van der Waals surface area contributed by atoms with Crippen LogP contribution in [0.3, 0.4) is 0 Å². The maximum atomic E-state index is 14.9. The number of nitrogens with one attached hydrogen (secondary N) is 2. The van der Waals surface area contributed by atoms with Gasteiger partial charge in [-0.15, -0.1) is 0 Å². The molecule has 1 aliphatic rings. The number of hydrogen-bond donors (Lipinski definition) is 3. The molecule has 4 N–H and O–H groups in total. The zero-order valence-corrected chi connectivity index (χ0v) is 17.9. The van der Waals surface area contributed by atoms with Gasteiger partial charge in [-0.05, 0) is 43.0 Å². The molecule has 2 aromatic carbocycles. The van der Waals surface area contributed by atoms with Crippen LogP contribution in [-0.2, 0) is 14.8 Å². The summed E-state index contributed by atoms with van der Waals surface area (Å²) in [6.07, 6.45) is 4.64. The van der Waals surface area contributed by atoms with Gasteiger partial charge in [0, 0.05) is 17.7 Å². The highest BCUT2D eigenvalue weighted by atomic mass is 32.2. The van der Waals surface area contributed by atoms with Crippen LogP contribution < -0.4 is 15.8 Å². The Morgan fingerprint density at radius 2 is 1.88 bits per heavy atom. The van der Waals surface area contributed by atoms with E-state index in [2.05, 4.69) is 20.0 Å². The third kappa shape index (κ3) is 4.61. The van der Waals surface area contributed by atoms with Crippen LogP contribution in [0.2, 0.25) is 0 Å². The van der Waals surface area contributed by atoms with Gasteiger partial charge in [-0.1, -0.05) is 24.3 Å². The molecule has 0 saturated carbocycles. The fraction of sp³-hybridized carbons (Fsp3) is 0.227. The first-order valence-electron chi connectivity index (χ1n) is 10.1. The molecule has 1 saturated heterocycles. The molecular formula is C22H22FN5O3S. The van der Waals surface area contributed by atoms with Crippen molar-refractivity contribution in [3.63, 3.8) is 0 Å². The van der Waals surface area contributed by atoms with E-state index in [1.54, 1.807) is 24.3 Å². The van der Waals surface area contributed by atoms with Crippen molar-refractivity contribution < 1.29 is 17.6 Å². The molecule has 8 nitrogen and oxygen atoms in total. The van der Waals surface area contributed by atoms with Gasteiger partial charge in [0.1, 0.15) is 17.7 Å². The number of aromatic nitrogens is 2. The summed E-state index contributed by atoms with van der Waals surface area (Å²) >= 11 is 0. The maximum Gasteiger partial charge on any atom is 0.241 e. The van der Waals surface area contributed by atoms with E-state index in [1.807, 2.05) is 0 Å². The second kappa shape index (κ2) is 9.01. The second-order valence-electron chi connectivity index (χ2n) is 7.48. The Balaban J connectivity index is 1.68. The standard InChI is InChI=1S/C22H22FN5O3S/c23-17-11-14(8-9-16(17)19-12-27-21(24)13-26-19)15-5-1-2-7-20(15)32(30,31)28-18-6-3-4-10-25-22(18)29/h1-2,5,7-9,11-13,18,28H,3-4,6,10H2,(H2,24,27)(H,25,29)/t18-/m1/s1. The number of sulfonamides is 1. The summed E-state index contributed by atoms with van der Waals surface area (Å²) in [5.41, 5.74) is 6.76. The fourth-order valence-corrected chi connectivity index (χ4v) is 5.07. The number of carbonyl (C=O) groups excluding carboxylic acids is 1. The number of amides is 1. The lowest BCUT2D eigenvalue weighted by Gasteiger charge is -2.17. The average molecular weight is 456 g/mol. The Kier molecular flexibility index (Phi) is 6.15. The summed E-state index contributed by atoms with van der Waals surface area (Å²) in [6, 6.07) is 9.81. The molecule has 1 fully saturated rings. The molecule has 0 radical (unpaired) electrons. The first-order chi connectivity index (χ1) is 15.3. The van der Waals surface area contributed by atoms with Gasteiger partial charge in [0.05, 0.1) is 23.0 Å². The fourth-order valence-electron chi connectivity index (χ4n) is 3.61. The summed E-state index contributed by atoms with van der Waals surface area (Å²) in [7, 11) is -4.04. The van der Waals surface area contributed by atoms with Gasteiger partial charge in [-0.25, -0.2) is 17.8 Å². The first kappa shape index (κ1) is 21.8. The SMILES string of the molecule is Nc1cnc(-c2ccc(-c3ccccc3S(=O)(=O)N[C@@H]3CCCCNC3=O)cc2F)cn1. The minimum absolute atomic E-state index is 0.0310. The lowest BCUT2D eigenvalue weighted by molar-refractivity contribution is -0.122. The normalized spacial score (nSPS) is 16.9. The van der Waals surface area contributed by atoms with E-state index < -0.39 is 21.9 Å². The Bertz CT molecular complexity index is 1250. The number of benzene rings is 2. The number of nitrogens with two attached hydrogens (primary N) is 1. The summed E-state index contributed by atoms with van der Waals surface area (Å²) < 4.78 is 43.7. The summed E-state index contributed by atoms with van der Waals surface area (Å²) in [6.45, 7) is 0.525. The first-order valence-corrected chi connectivity index (χ1v) is 11.6. The molecule has 32 heavy (non-hydrogen) atoms.